The van der Waals surface area contributed by atoms with Gasteiger partial charge < -0.3 is 15.5 Å². The summed E-state index contributed by atoms with van der Waals surface area (Å²) in [4.78, 5) is 25.7. The van der Waals surface area contributed by atoms with Gasteiger partial charge >= 0.3 is 0 Å². The lowest BCUT2D eigenvalue weighted by Gasteiger charge is -2.31. The van der Waals surface area contributed by atoms with Crippen LogP contribution in [0.2, 0.25) is 0 Å². The van der Waals surface area contributed by atoms with Crippen LogP contribution in [0, 0.1) is 5.92 Å². The largest absolute Gasteiger partial charge is 0.366 e. The highest BCUT2D eigenvalue weighted by atomic mass is 16.1. The molecule has 1 fully saturated rings. The van der Waals surface area contributed by atoms with Crippen molar-refractivity contribution < 1.29 is 4.79 Å². The van der Waals surface area contributed by atoms with E-state index in [1.807, 2.05) is 6.07 Å². The van der Waals surface area contributed by atoms with E-state index in [0.717, 1.165) is 60.7 Å². The summed E-state index contributed by atoms with van der Waals surface area (Å²) >= 11 is 0. The van der Waals surface area contributed by atoms with Crippen LogP contribution in [-0.2, 0) is 6.54 Å². The maximum atomic E-state index is 12.2. The minimum Gasteiger partial charge on any atom is -0.366 e. The number of fused-ring (bicyclic) bond motifs is 1. The third kappa shape index (κ3) is 4.85. The molecule has 31 heavy (non-hydrogen) atoms. The fourth-order valence-corrected chi connectivity index (χ4v) is 4.15. The van der Waals surface area contributed by atoms with E-state index in [1.54, 1.807) is 0 Å². The van der Waals surface area contributed by atoms with E-state index in [1.165, 1.54) is 11.9 Å². The van der Waals surface area contributed by atoms with Gasteiger partial charge in [0.05, 0.1) is 11.1 Å². The molecule has 0 radical (unpaired) electrons. The standard InChI is InChI=1S/C24H29N5O.CH4/c1-16-8-10-29(11-9-16)24-21-13-19(12-20(23(25)30)22(21)26-15-27-24)18-6-4-17(5-7-18)14-28(2)3;/h4-7,12-13,15-16H,8-11,14H2,1-3H3,(H2,25,30);1H4. The summed E-state index contributed by atoms with van der Waals surface area (Å²) in [7, 11) is 4.11. The SMILES string of the molecule is C.CC1CCN(c2ncnc3c(C(N)=O)cc(-c4ccc(CN(C)C)cc4)cc23)CC1. The van der Waals surface area contributed by atoms with Crippen LogP contribution in [0.4, 0.5) is 5.82 Å². The summed E-state index contributed by atoms with van der Waals surface area (Å²) in [6, 6.07) is 12.4. The maximum Gasteiger partial charge on any atom is 0.250 e. The monoisotopic (exact) mass is 419 g/mol. The first kappa shape index (κ1) is 22.7. The highest BCUT2D eigenvalue weighted by Gasteiger charge is 2.21. The van der Waals surface area contributed by atoms with Crippen LogP contribution in [0.3, 0.4) is 0 Å². The normalized spacial score (nSPS) is 14.6. The van der Waals surface area contributed by atoms with Gasteiger partial charge in [0, 0.05) is 25.0 Å². The third-order valence-electron chi connectivity index (χ3n) is 5.85. The Morgan fingerprint density at radius 3 is 2.39 bits per heavy atom. The van der Waals surface area contributed by atoms with E-state index < -0.39 is 5.91 Å². The summed E-state index contributed by atoms with van der Waals surface area (Å²) in [6.45, 7) is 5.10. The average molecular weight is 420 g/mol. The first-order valence-corrected chi connectivity index (χ1v) is 10.5. The molecule has 0 saturated carbocycles. The van der Waals surface area contributed by atoms with Gasteiger partial charge in [-0.15, -0.1) is 0 Å². The van der Waals surface area contributed by atoms with Crippen LogP contribution in [0.5, 0.6) is 0 Å². The molecule has 1 saturated heterocycles. The van der Waals surface area contributed by atoms with Gasteiger partial charge in [-0.3, -0.25) is 4.79 Å². The van der Waals surface area contributed by atoms with Gasteiger partial charge in [0.25, 0.3) is 5.91 Å². The molecule has 6 heteroatoms. The van der Waals surface area contributed by atoms with Crippen LogP contribution < -0.4 is 10.6 Å². The van der Waals surface area contributed by atoms with Gasteiger partial charge in [0.1, 0.15) is 12.1 Å². The summed E-state index contributed by atoms with van der Waals surface area (Å²) in [6.07, 6.45) is 3.82. The fourth-order valence-electron chi connectivity index (χ4n) is 4.15. The van der Waals surface area contributed by atoms with Crippen LogP contribution in [0.1, 0.15) is 43.1 Å². The second kappa shape index (κ2) is 9.43. The lowest BCUT2D eigenvalue weighted by molar-refractivity contribution is 0.100. The summed E-state index contributed by atoms with van der Waals surface area (Å²) < 4.78 is 0. The second-order valence-electron chi connectivity index (χ2n) is 8.59. The van der Waals surface area contributed by atoms with Crippen molar-refractivity contribution in [2.45, 2.75) is 33.7 Å². The number of rotatable bonds is 5. The average Bonchev–Trinajstić information content (AvgIpc) is 2.73. The Kier molecular flexibility index (Phi) is 6.91. The van der Waals surface area contributed by atoms with Gasteiger partial charge in [-0.1, -0.05) is 38.6 Å². The number of piperidine rings is 1. The smallest absolute Gasteiger partial charge is 0.250 e. The van der Waals surface area contributed by atoms with Gasteiger partial charge in [0.2, 0.25) is 0 Å². The molecule has 0 aliphatic carbocycles. The van der Waals surface area contributed by atoms with E-state index in [9.17, 15) is 4.79 Å². The summed E-state index contributed by atoms with van der Waals surface area (Å²) in [5.74, 6) is 1.15. The Morgan fingerprint density at radius 1 is 1.10 bits per heavy atom. The number of carbonyl (C=O) groups excluding carboxylic acids is 1. The van der Waals surface area contributed by atoms with Gasteiger partial charge in [0.15, 0.2) is 0 Å². The minimum atomic E-state index is -0.469. The van der Waals surface area contributed by atoms with Crippen molar-refractivity contribution in [2.24, 2.45) is 11.7 Å². The topological polar surface area (TPSA) is 75.4 Å². The van der Waals surface area contributed by atoms with Gasteiger partial charge in [-0.2, -0.15) is 0 Å². The molecule has 2 aromatic carbocycles. The zero-order valence-electron chi connectivity index (χ0n) is 17.9. The van der Waals surface area contributed by atoms with Gasteiger partial charge in [-0.05, 0) is 61.7 Å². The van der Waals surface area contributed by atoms with Crippen molar-refractivity contribution in [3.63, 3.8) is 0 Å². The van der Waals surface area contributed by atoms with Crippen molar-refractivity contribution in [2.75, 3.05) is 32.1 Å². The van der Waals surface area contributed by atoms with Crippen molar-refractivity contribution in [3.8, 4) is 11.1 Å². The Bertz CT molecular complexity index is 1050. The maximum absolute atomic E-state index is 12.2. The van der Waals surface area contributed by atoms with E-state index >= 15 is 0 Å². The number of carbonyl (C=O) groups is 1. The van der Waals surface area contributed by atoms with Crippen LogP contribution in [-0.4, -0.2) is 48.0 Å². The third-order valence-corrected chi connectivity index (χ3v) is 5.85. The minimum absolute atomic E-state index is 0. The van der Waals surface area contributed by atoms with E-state index in [4.69, 9.17) is 5.73 Å². The number of benzene rings is 2. The Labute approximate surface area is 185 Å². The van der Waals surface area contributed by atoms with E-state index in [0.29, 0.717) is 11.1 Å². The van der Waals surface area contributed by atoms with Crippen LogP contribution in [0.25, 0.3) is 22.0 Å². The molecule has 0 spiro atoms. The first-order chi connectivity index (χ1) is 14.4. The fraction of sp³-hybridized carbons (Fsp3) is 0.400. The number of nitrogens with two attached hydrogens (primary N) is 1. The molecule has 164 valence electrons. The number of primary amides is 1. The first-order valence-electron chi connectivity index (χ1n) is 10.5. The lowest BCUT2D eigenvalue weighted by Crippen LogP contribution is -2.33. The van der Waals surface area contributed by atoms with E-state index in [2.05, 4.69) is 71.1 Å². The lowest BCUT2D eigenvalue weighted by atomic mass is 9.96. The number of aromatic nitrogens is 2. The number of anilines is 1. The molecular weight excluding hydrogens is 386 g/mol. The molecule has 2 heterocycles. The molecule has 4 rings (SSSR count). The number of nitrogens with zero attached hydrogens (tertiary/aromatic N) is 4. The molecule has 0 unspecified atom stereocenters. The molecule has 1 aliphatic rings. The molecular formula is C25H33N5O. The number of amides is 1. The highest BCUT2D eigenvalue weighted by molar-refractivity contribution is 6.09. The Balaban J connectivity index is 0.00000272. The quantitative estimate of drug-likeness (QED) is 0.666. The molecule has 1 aliphatic heterocycles. The summed E-state index contributed by atoms with van der Waals surface area (Å²) in [5.41, 5.74) is 10.0. The predicted octanol–water partition coefficient (Wildman–Crippen LogP) is 4.33. The number of hydrogen-bond donors (Lipinski definition) is 1. The molecule has 6 nitrogen and oxygen atoms in total. The molecule has 3 aromatic rings. The Morgan fingerprint density at radius 2 is 1.77 bits per heavy atom. The van der Waals surface area contributed by atoms with Crippen molar-refractivity contribution >= 4 is 22.6 Å². The Hall–Kier alpha value is -2.99. The zero-order chi connectivity index (χ0) is 21.3. The van der Waals surface area contributed by atoms with Gasteiger partial charge in [-0.25, -0.2) is 9.97 Å². The molecule has 0 atom stereocenters. The van der Waals surface area contributed by atoms with Crippen molar-refractivity contribution in [1.29, 1.82) is 0 Å². The van der Waals surface area contributed by atoms with E-state index in [-0.39, 0.29) is 7.43 Å². The summed E-state index contributed by atoms with van der Waals surface area (Å²) in [5, 5.41) is 0.885. The van der Waals surface area contributed by atoms with Crippen molar-refractivity contribution in [3.05, 3.63) is 53.9 Å². The molecule has 1 aromatic heterocycles. The second-order valence-corrected chi connectivity index (χ2v) is 8.59. The van der Waals surface area contributed by atoms with Crippen LogP contribution in [0.15, 0.2) is 42.7 Å². The van der Waals surface area contributed by atoms with Crippen LogP contribution >= 0.6 is 0 Å². The molecule has 0 bridgehead atoms. The highest BCUT2D eigenvalue weighted by Crippen LogP contribution is 2.33. The number of hydrogen-bond acceptors (Lipinski definition) is 5. The molecule has 1 amide bonds. The zero-order valence-corrected chi connectivity index (χ0v) is 17.9. The van der Waals surface area contributed by atoms with Crippen molar-refractivity contribution in [1.82, 2.24) is 14.9 Å². The molecule has 2 N–H and O–H groups in total. The predicted molar refractivity (Wildman–Crippen MR) is 128 cm³/mol.